The predicted molar refractivity (Wildman–Crippen MR) is 39.4 cm³/mol. The Morgan fingerprint density at radius 3 is 3.00 bits per heavy atom. The van der Waals surface area contributed by atoms with Crippen molar-refractivity contribution in [2.75, 3.05) is 6.54 Å². The third-order valence-electron chi connectivity index (χ3n) is 1.68. The molecule has 3 N–H and O–H groups in total. The standard InChI is InChI=1S/C7H12N2O/c1-5-2-3-6(4-9-5)7(8)10/h3,5,9H,2,4H2,1H3,(H2,8,10). The van der Waals surface area contributed by atoms with Gasteiger partial charge in [-0.3, -0.25) is 4.79 Å². The topological polar surface area (TPSA) is 55.1 Å². The molecule has 0 aliphatic carbocycles. The molecule has 0 spiro atoms. The van der Waals surface area contributed by atoms with Crippen molar-refractivity contribution >= 4 is 5.91 Å². The van der Waals surface area contributed by atoms with E-state index in [9.17, 15) is 4.79 Å². The van der Waals surface area contributed by atoms with Crippen LogP contribution in [0.3, 0.4) is 0 Å². The summed E-state index contributed by atoms with van der Waals surface area (Å²) in [6.07, 6.45) is 2.81. The van der Waals surface area contributed by atoms with E-state index in [2.05, 4.69) is 12.2 Å². The quantitative estimate of drug-likeness (QED) is 0.529. The van der Waals surface area contributed by atoms with Crippen LogP contribution in [0.4, 0.5) is 0 Å². The lowest BCUT2D eigenvalue weighted by Gasteiger charge is -2.17. The molecule has 3 nitrogen and oxygen atoms in total. The van der Waals surface area contributed by atoms with Gasteiger partial charge in [0.2, 0.25) is 5.91 Å². The Labute approximate surface area is 60.3 Å². The van der Waals surface area contributed by atoms with E-state index < -0.39 is 0 Å². The highest BCUT2D eigenvalue weighted by Crippen LogP contribution is 2.04. The van der Waals surface area contributed by atoms with Crippen molar-refractivity contribution in [2.24, 2.45) is 5.73 Å². The van der Waals surface area contributed by atoms with Gasteiger partial charge in [-0.1, -0.05) is 6.08 Å². The zero-order valence-corrected chi connectivity index (χ0v) is 6.05. The van der Waals surface area contributed by atoms with Crippen LogP contribution in [0, 0.1) is 0 Å². The van der Waals surface area contributed by atoms with E-state index in [1.165, 1.54) is 0 Å². The van der Waals surface area contributed by atoms with Gasteiger partial charge in [-0.2, -0.15) is 0 Å². The molecule has 0 aromatic carbocycles. The SMILES string of the molecule is CC1CC=C(C(N)=O)CN1. The first kappa shape index (κ1) is 7.28. The maximum atomic E-state index is 10.6. The molecule has 0 bridgehead atoms. The lowest BCUT2D eigenvalue weighted by molar-refractivity contribution is -0.114. The molecule has 10 heavy (non-hydrogen) atoms. The maximum absolute atomic E-state index is 10.6. The Bertz CT molecular complexity index is 174. The van der Waals surface area contributed by atoms with Crippen molar-refractivity contribution < 1.29 is 4.79 Å². The fourth-order valence-corrected chi connectivity index (χ4v) is 0.946. The molecule has 56 valence electrons. The maximum Gasteiger partial charge on any atom is 0.245 e. The molecule has 1 heterocycles. The molecular formula is C7H12N2O. The number of nitrogens with one attached hydrogen (secondary N) is 1. The van der Waals surface area contributed by atoms with Gasteiger partial charge >= 0.3 is 0 Å². The molecule has 0 aromatic rings. The average molecular weight is 140 g/mol. The highest BCUT2D eigenvalue weighted by Gasteiger charge is 2.11. The van der Waals surface area contributed by atoms with E-state index in [-0.39, 0.29) is 5.91 Å². The van der Waals surface area contributed by atoms with Crippen molar-refractivity contribution in [3.05, 3.63) is 11.6 Å². The van der Waals surface area contributed by atoms with Crippen molar-refractivity contribution in [1.82, 2.24) is 5.32 Å². The molecule has 1 aliphatic rings. The van der Waals surface area contributed by atoms with Crippen molar-refractivity contribution in [3.8, 4) is 0 Å². The number of nitrogens with two attached hydrogens (primary N) is 1. The third kappa shape index (κ3) is 1.57. The summed E-state index contributed by atoms with van der Waals surface area (Å²) in [7, 11) is 0. The van der Waals surface area contributed by atoms with Gasteiger partial charge < -0.3 is 11.1 Å². The zero-order chi connectivity index (χ0) is 7.56. The largest absolute Gasteiger partial charge is 0.366 e. The van der Waals surface area contributed by atoms with Crippen LogP contribution in [0.25, 0.3) is 0 Å². The van der Waals surface area contributed by atoms with Crippen LogP contribution in [0.1, 0.15) is 13.3 Å². The molecule has 0 radical (unpaired) electrons. The Kier molecular flexibility index (Phi) is 2.06. The van der Waals surface area contributed by atoms with Crippen molar-refractivity contribution in [2.45, 2.75) is 19.4 Å². The molecule has 1 atom stereocenters. The summed E-state index contributed by atoms with van der Waals surface area (Å²) in [5.41, 5.74) is 5.77. The molecule has 3 heteroatoms. The minimum absolute atomic E-state index is 0.306. The summed E-state index contributed by atoms with van der Waals surface area (Å²) in [4.78, 5) is 10.6. The molecule has 1 aliphatic heterocycles. The van der Waals surface area contributed by atoms with Crippen LogP contribution < -0.4 is 11.1 Å². The molecule has 0 fully saturated rings. The Balaban J connectivity index is 2.56. The second kappa shape index (κ2) is 2.84. The Morgan fingerprint density at radius 1 is 1.90 bits per heavy atom. The summed E-state index contributed by atoms with van der Waals surface area (Å²) in [6.45, 7) is 2.70. The van der Waals surface area contributed by atoms with Gasteiger partial charge in [0.15, 0.2) is 0 Å². The van der Waals surface area contributed by atoms with E-state index in [0.29, 0.717) is 18.2 Å². The summed E-state index contributed by atoms with van der Waals surface area (Å²) in [5.74, 6) is -0.306. The third-order valence-corrected chi connectivity index (χ3v) is 1.68. The molecular weight excluding hydrogens is 128 g/mol. The van der Waals surface area contributed by atoms with E-state index in [1.54, 1.807) is 0 Å². The molecule has 1 rings (SSSR count). The van der Waals surface area contributed by atoms with Gasteiger partial charge in [0.05, 0.1) is 0 Å². The van der Waals surface area contributed by atoms with E-state index in [1.807, 2.05) is 6.08 Å². The Morgan fingerprint density at radius 2 is 2.60 bits per heavy atom. The van der Waals surface area contributed by atoms with Gasteiger partial charge in [-0.05, 0) is 13.3 Å². The minimum Gasteiger partial charge on any atom is -0.366 e. The number of hydrogen-bond acceptors (Lipinski definition) is 2. The van der Waals surface area contributed by atoms with E-state index in [4.69, 9.17) is 5.73 Å². The molecule has 0 saturated heterocycles. The monoisotopic (exact) mass is 140 g/mol. The lowest BCUT2D eigenvalue weighted by atomic mass is 10.1. The van der Waals surface area contributed by atoms with Crippen molar-refractivity contribution in [1.29, 1.82) is 0 Å². The number of hydrogen-bond donors (Lipinski definition) is 2. The Hall–Kier alpha value is -0.830. The van der Waals surface area contributed by atoms with Gasteiger partial charge in [0.1, 0.15) is 0 Å². The van der Waals surface area contributed by atoms with E-state index in [0.717, 1.165) is 6.42 Å². The fraction of sp³-hybridized carbons (Fsp3) is 0.571. The highest BCUT2D eigenvalue weighted by atomic mass is 16.1. The van der Waals surface area contributed by atoms with Crippen LogP contribution in [0.15, 0.2) is 11.6 Å². The van der Waals surface area contributed by atoms with Crippen LogP contribution in [-0.4, -0.2) is 18.5 Å². The van der Waals surface area contributed by atoms with Gasteiger partial charge in [0.25, 0.3) is 0 Å². The zero-order valence-electron chi connectivity index (χ0n) is 6.05. The summed E-state index contributed by atoms with van der Waals surface area (Å²) in [6, 6.07) is 0.475. The van der Waals surface area contributed by atoms with Crippen LogP contribution in [0.5, 0.6) is 0 Å². The van der Waals surface area contributed by atoms with Crippen LogP contribution in [0.2, 0.25) is 0 Å². The minimum atomic E-state index is -0.306. The smallest absolute Gasteiger partial charge is 0.245 e. The molecule has 0 saturated carbocycles. The van der Waals surface area contributed by atoms with Crippen molar-refractivity contribution in [3.63, 3.8) is 0 Å². The lowest BCUT2D eigenvalue weighted by Crippen LogP contribution is -2.35. The summed E-state index contributed by atoms with van der Waals surface area (Å²) < 4.78 is 0. The van der Waals surface area contributed by atoms with Crippen LogP contribution >= 0.6 is 0 Å². The van der Waals surface area contributed by atoms with E-state index >= 15 is 0 Å². The average Bonchev–Trinajstić information content (AvgIpc) is 1.88. The normalized spacial score (nSPS) is 25.7. The predicted octanol–water partition coefficient (Wildman–Crippen LogP) is -0.220. The van der Waals surface area contributed by atoms with Crippen LogP contribution in [-0.2, 0) is 4.79 Å². The number of carbonyl (C=O) groups is 1. The molecule has 1 unspecified atom stereocenters. The van der Waals surface area contributed by atoms with Gasteiger partial charge in [-0.15, -0.1) is 0 Å². The second-order valence-electron chi connectivity index (χ2n) is 2.61. The van der Waals surface area contributed by atoms with Gasteiger partial charge in [0, 0.05) is 18.2 Å². The summed E-state index contributed by atoms with van der Waals surface area (Å²) >= 11 is 0. The first-order chi connectivity index (χ1) is 4.70. The summed E-state index contributed by atoms with van der Waals surface area (Å²) in [5, 5.41) is 3.14. The first-order valence-corrected chi connectivity index (χ1v) is 3.42. The molecule has 0 aromatic heterocycles. The number of amides is 1. The highest BCUT2D eigenvalue weighted by molar-refractivity contribution is 5.92. The fourth-order valence-electron chi connectivity index (χ4n) is 0.946. The molecule has 1 amide bonds. The first-order valence-electron chi connectivity index (χ1n) is 3.42. The number of rotatable bonds is 1. The second-order valence-corrected chi connectivity index (χ2v) is 2.61. The number of carbonyl (C=O) groups excluding carboxylic acids is 1. The van der Waals surface area contributed by atoms with Gasteiger partial charge in [-0.25, -0.2) is 0 Å². The number of primary amides is 1.